The summed E-state index contributed by atoms with van der Waals surface area (Å²) in [5, 5.41) is 11.7. The van der Waals surface area contributed by atoms with Crippen molar-refractivity contribution in [1.82, 2.24) is 25.1 Å². The molecule has 0 spiro atoms. The summed E-state index contributed by atoms with van der Waals surface area (Å²) in [5.74, 6) is 2.27. The van der Waals surface area contributed by atoms with Crippen LogP contribution >= 0.6 is 0 Å². The minimum absolute atomic E-state index is 0.0810. The van der Waals surface area contributed by atoms with Crippen molar-refractivity contribution >= 4 is 28.3 Å². The van der Waals surface area contributed by atoms with Crippen molar-refractivity contribution in [3.05, 3.63) is 54.9 Å². The summed E-state index contributed by atoms with van der Waals surface area (Å²) in [6.45, 7) is 9.63. The lowest BCUT2D eigenvalue weighted by atomic mass is 10.1. The molecule has 1 atom stereocenters. The first-order valence-electron chi connectivity index (χ1n) is 13.2. The monoisotopic (exact) mass is 530 g/mol. The number of hydrogen-bond donors (Lipinski definition) is 2. The Bertz CT molecular complexity index is 1460. The lowest BCUT2D eigenvalue weighted by Gasteiger charge is -2.20. The second-order valence-corrected chi connectivity index (χ2v) is 10.5. The van der Waals surface area contributed by atoms with Gasteiger partial charge in [0.1, 0.15) is 17.3 Å². The van der Waals surface area contributed by atoms with Gasteiger partial charge in [-0.15, -0.1) is 0 Å². The van der Waals surface area contributed by atoms with Crippen molar-refractivity contribution < 1.29 is 19.0 Å². The van der Waals surface area contributed by atoms with Crippen LogP contribution in [0.15, 0.2) is 54.9 Å². The molecule has 4 aromatic rings. The van der Waals surface area contributed by atoms with Crippen LogP contribution < -0.4 is 20.1 Å². The number of aromatic nitrogens is 4. The third kappa shape index (κ3) is 6.64. The lowest BCUT2D eigenvalue weighted by molar-refractivity contribution is -0.124. The van der Waals surface area contributed by atoms with Gasteiger partial charge in [0.25, 0.3) is 5.91 Å². The molecule has 0 bridgehead atoms. The number of hydrogen-bond acceptors (Lipinski definition) is 8. The van der Waals surface area contributed by atoms with E-state index in [1.165, 1.54) is 0 Å². The summed E-state index contributed by atoms with van der Waals surface area (Å²) < 4.78 is 18.9. The predicted molar refractivity (Wildman–Crippen MR) is 150 cm³/mol. The van der Waals surface area contributed by atoms with Gasteiger partial charge in [0.05, 0.1) is 36.7 Å². The minimum atomic E-state index is -0.325. The number of rotatable bonds is 9. The summed E-state index contributed by atoms with van der Waals surface area (Å²) in [5.41, 5.74) is 2.02. The van der Waals surface area contributed by atoms with Crippen LogP contribution in [0.3, 0.4) is 0 Å². The van der Waals surface area contributed by atoms with Gasteiger partial charge in [0.2, 0.25) is 0 Å². The number of amides is 1. The Morgan fingerprint density at radius 2 is 1.97 bits per heavy atom. The van der Waals surface area contributed by atoms with Gasteiger partial charge in [-0.1, -0.05) is 12.1 Å². The third-order valence-electron chi connectivity index (χ3n) is 6.10. The van der Waals surface area contributed by atoms with E-state index in [1.807, 2.05) is 81.0 Å². The van der Waals surface area contributed by atoms with Gasteiger partial charge in [-0.25, -0.2) is 9.97 Å². The Morgan fingerprint density at radius 1 is 1.13 bits per heavy atom. The fourth-order valence-corrected chi connectivity index (χ4v) is 4.39. The van der Waals surface area contributed by atoms with E-state index in [1.54, 1.807) is 6.20 Å². The quantitative estimate of drug-likeness (QED) is 0.315. The molecule has 0 saturated carbocycles. The maximum absolute atomic E-state index is 12.2. The van der Waals surface area contributed by atoms with Crippen LogP contribution in [-0.2, 0) is 9.53 Å². The van der Waals surface area contributed by atoms with Crippen LogP contribution in [-0.4, -0.2) is 57.6 Å². The largest absolute Gasteiger partial charge is 0.494 e. The molecule has 1 amide bonds. The number of fused-ring (bicyclic) bond motifs is 1. The van der Waals surface area contributed by atoms with Crippen LogP contribution in [0.2, 0.25) is 0 Å². The van der Waals surface area contributed by atoms with E-state index in [-0.39, 0.29) is 24.1 Å². The zero-order valence-electron chi connectivity index (χ0n) is 22.7. The van der Waals surface area contributed by atoms with Crippen molar-refractivity contribution in [3.63, 3.8) is 0 Å². The normalized spacial score (nSPS) is 15.3. The smallest absolute Gasteiger partial charge is 0.258 e. The molecular formula is C29H34N6O4. The Labute approximate surface area is 227 Å². The fourth-order valence-electron chi connectivity index (χ4n) is 4.39. The van der Waals surface area contributed by atoms with E-state index < -0.39 is 0 Å². The first kappa shape index (κ1) is 26.4. The number of carbonyl (C=O) groups is 1. The number of benzene rings is 2. The first-order chi connectivity index (χ1) is 18.8. The maximum Gasteiger partial charge on any atom is 0.258 e. The molecule has 0 radical (unpaired) electrons. The van der Waals surface area contributed by atoms with Gasteiger partial charge in [-0.3, -0.25) is 9.48 Å². The second kappa shape index (κ2) is 11.3. The number of carbonyl (C=O) groups excluding carboxylic acids is 1. The molecule has 39 heavy (non-hydrogen) atoms. The molecular weight excluding hydrogens is 496 g/mol. The Morgan fingerprint density at radius 3 is 2.74 bits per heavy atom. The predicted octanol–water partition coefficient (Wildman–Crippen LogP) is 4.89. The van der Waals surface area contributed by atoms with Gasteiger partial charge in [-0.2, -0.15) is 5.10 Å². The molecule has 2 N–H and O–H groups in total. The molecule has 2 aromatic heterocycles. The summed E-state index contributed by atoms with van der Waals surface area (Å²) in [6.07, 6.45) is 4.70. The van der Waals surface area contributed by atoms with Gasteiger partial charge in [-0.05, 0) is 64.4 Å². The van der Waals surface area contributed by atoms with Gasteiger partial charge >= 0.3 is 0 Å². The standard InChI is InChI=1S/C29H34N6O4/c1-5-38-23-9-10-25-24(14-23)28(31-20-15-30-35(16-20)21-11-12-37-17-21)33-27(32-25)19-7-6-8-22(13-19)39-18-26(36)34-29(2,3)4/h6-10,13-16,21H,5,11-12,17-18H2,1-4H3,(H,34,36)(H,31,32,33). The zero-order valence-corrected chi connectivity index (χ0v) is 22.7. The van der Waals surface area contributed by atoms with Crippen molar-refractivity contribution in [1.29, 1.82) is 0 Å². The zero-order chi connectivity index (χ0) is 27.4. The van der Waals surface area contributed by atoms with Gasteiger partial charge in [0, 0.05) is 29.3 Å². The molecule has 204 valence electrons. The lowest BCUT2D eigenvalue weighted by Crippen LogP contribution is -2.43. The summed E-state index contributed by atoms with van der Waals surface area (Å²) in [7, 11) is 0. The molecule has 0 aliphatic carbocycles. The number of nitrogens with one attached hydrogen (secondary N) is 2. The summed E-state index contributed by atoms with van der Waals surface area (Å²) in [6, 6.07) is 13.4. The first-order valence-corrected chi connectivity index (χ1v) is 13.2. The van der Waals surface area contributed by atoms with E-state index in [0.717, 1.165) is 40.9 Å². The Kier molecular flexibility index (Phi) is 7.65. The Balaban J connectivity index is 1.44. The van der Waals surface area contributed by atoms with Crippen molar-refractivity contribution in [3.8, 4) is 22.9 Å². The van der Waals surface area contributed by atoms with Crippen molar-refractivity contribution in [2.75, 3.05) is 31.7 Å². The van der Waals surface area contributed by atoms with Crippen LogP contribution in [0.4, 0.5) is 11.5 Å². The highest BCUT2D eigenvalue weighted by molar-refractivity contribution is 5.93. The molecule has 3 heterocycles. The SMILES string of the molecule is CCOc1ccc2nc(-c3cccc(OCC(=O)NC(C)(C)C)c3)nc(Nc3cnn(C4CCOC4)c3)c2c1. The molecule has 1 saturated heterocycles. The molecule has 1 unspecified atom stereocenters. The fraction of sp³-hybridized carbons (Fsp3) is 0.379. The molecule has 1 aliphatic heterocycles. The Hall–Kier alpha value is -4.18. The molecule has 1 fully saturated rings. The summed E-state index contributed by atoms with van der Waals surface area (Å²) in [4.78, 5) is 21.9. The molecule has 2 aromatic carbocycles. The highest BCUT2D eigenvalue weighted by Gasteiger charge is 2.19. The van der Waals surface area contributed by atoms with Crippen molar-refractivity contribution in [2.24, 2.45) is 0 Å². The van der Waals surface area contributed by atoms with Gasteiger partial charge < -0.3 is 24.8 Å². The number of ether oxygens (including phenoxy) is 3. The van der Waals surface area contributed by atoms with Crippen molar-refractivity contribution in [2.45, 2.75) is 45.7 Å². The second-order valence-electron chi connectivity index (χ2n) is 10.5. The third-order valence-corrected chi connectivity index (χ3v) is 6.10. The highest BCUT2D eigenvalue weighted by atomic mass is 16.5. The molecule has 10 heteroatoms. The molecule has 10 nitrogen and oxygen atoms in total. The van der Waals surface area contributed by atoms with E-state index in [0.29, 0.717) is 30.6 Å². The topological polar surface area (TPSA) is 112 Å². The van der Waals surface area contributed by atoms with Gasteiger partial charge in [0.15, 0.2) is 12.4 Å². The highest BCUT2D eigenvalue weighted by Crippen LogP contribution is 2.31. The minimum Gasteiger partial charge on any atom is -0.494 e. The van der Waals surface area contributed by atoms with Crippen LogP contribution in [0, 0.1) is 0 Å². The van der Waals surface area contributed by atoms with Crippen LogP contribution in [0.5, 0.6) is 11.5 Å². The maximum atomic E-state index is 12.2. The van der Waals surface area contributed by atoms with E-state index in [2.05, 4.69) is 15.7 Å². The van der Waals surface area contributed by atoms with E-state index in [4.69, 9.17) is 24.2 Å². The average molecular weight is 531 g/mol. The molecule has 1 aliphatic rings. The number of nitrogens with zero attached hydrogens (tertiary/aromatic N) is 4. The number of anilines is 2. The molecule has 5 rings (SSSR count). The average Bonchev–Trinajstić information content (AvgIpc) is 3.59. The van der Waals surface area contributed by atoms with E-state index in [9.17, 15) is 4.79 Å². The summed E-state index contributed by atoms with van der Waals surface area (Å²) >= 11 is 0. The van der Waals surface area contributed by atoms with Crippen LogP contribution in [0.25, 0.3) is 22.3 Å². The van der Waals surface area contributed by atoms with E-state index >= 15 is 0 Å². The van der Waals surface area contributed by atoms with Crippen LogP contribution in [0.1, 0.15) is 40.2 Å².